The van der Waals surface area contributed by atoms with Crippen LogP contribution in [-0.2, 0) is 4.79 Å². The fraction of sp³-hybridized carbons (Fsp3) is 0.625. The number of nitrogens with zero attached hydrogens (tertiary/aromatic N) is 2. The highest BCUT2D eigenvalue weighted by Gasteiger charge is 2.58. The van der Waals surface area contributed by atoms with Crippen LogP contribution in [0, 0.1) is 0 Å². The number of hydrogen-bond acceptors (Lipinski definition) is 8. The number of aromatic nitrogens is 1. The molecule has 0 saturated carbocycles. The molecular formula is C16H24N4O4S. The average molecular weight is 368 g/mol. The Morgan fingerprint density at radius 2 is 2.12 bits per heavy atom. The molecule has 2 aliphatic rings. The molecule has 1 saturated heterocycles. The minimum Gasteiger partial charge on any atom is -0.492 e. The molecule has 0 bridgehead atoms. The maximum atomic E-state index is 11.8. The molecule has 2 aliphatic heterocycles. The highest BCUT2D eigenvalue weighted by Crippen LogP contribution is 2.49. The van der Waals surface area contributed by atoms with Gasteiger partial charge in [0.1, 0.15) is 0 Å². The molecule has 0 radical (unpaired) electrons. The maximum Gasteiger partial charge on any atom is 0.333 e. The van der Waals surface area contributed by atoms with E-state index in [2.05, 4.69) is 24.2 Å². The Kier molecular flexibility index (Phi) is 4.52. The van der Waals surface area contributed by atoms with Crippen molar-refractivity contribution in [2.75, 3.05) is 5.75 Å². The first-order valence-corrected chi connectivity index (χ1v) is 9.36. The lowest BCUT2D eigenvalue weighted by molar-refractivity contribution is -0.145. The van der Waals surface area contributed by atoms with Gasteiger partial charge in [0.25, 0.3) is 0 Å². The lowest BCUT2D eigenvalue weighted by Crippen LogP contribution is -2.56. The summed E-state index contributed by atoms with van der Waals surface area (Å²) in [5, 5.41) is 22.5. The van der Waals surface area contributed by atoms with Gasteiger partial charge in [0.2, 0.25) is 11.8 Å². The number of carbonyl (C=O) groups excluding carboxylic acids is 1. The van der Waals surface area contributed by atoms with Crippen molar-refractivity contribution in [3.63, 3.8) is 0 Å². The zero-order valence-electron chi connectivity index (χ0n) is 14.4. The van der Waals surface area contributed by atoms with E-state index in [1.165, 1.54) is 12.1 Å². The molecule has 0 amide bonds. The first-order chi connectivity index (χ1) is 11.7. The summed E-state index contributed by atoms with van der Waals surface area (Å²) in [4.78, 5) is 21.4. The Bertz CT molecular complexity index is 687. The van der Waals surface area contributed by atoms with Crippen molar-refractivity contribution in [1.29, 1.82) is 0 Å². The third-order valence-corrected chi connectivity index (χ3v) is 7.00. The van der Waals surface area contributed by atoms with Crippen LogP contribution in [0.2, 0.25) is 0 Å². The maximum absolute atomic E-state index is 11.8. The fourth-order valence-corrected chi connectivity index (χ4v) is 5.33. The molecule has 5 N–H and O–H groups in total. The van der Waals surface area contributed by atoms with E-state index >= 15 is 0 Å². The van der Waals surface area contributed by atoms with E-state index in [4.69, 9.17) is 10.6 Å². The van der Waals surface area contributed by atoms with Gasteiger partial charge in [-0.05, 0) is 26.7 Å². The van der Waals surface area contributed by atoms with Crippen LogP contribution < -0.4 is 15.9 Å². The fourth-order valence-electron chi connectivity index (χ4n) is 3.46. The smallest absolute Gasteiger partial charge is 0.333 e. The zero-order chi connectivity index (χ0) is 18.2. The Morgan fingerprint density at radius 1 is 1.44 bits per heavy atom. The van der Waals surface area contributed by atoms with Crippen LogP contribution in [0.25, 0.3) is 0 Å². The molecule has 3 rings (SSSR count). The van der Waals surface area contributed by atoms with Gasteiger partial charge in [-0.25, -0.2) is 9.79 Å². The van der Waals surface area contributed by atoms with Gasteiger partial charge in [-0.1, -0.05) is 6.42 Å². The molecular weight excluding hydrogens is 344 g/mol. The van der Waals surface area contributed by atoms with E-state index in [1.54, 1.807) is 0 Å². The van der Waals surface area contributed by atoms with E-state index in [0.717, 1.165) is 18.6 Å². The Balaban J connectivity index is 1.45. The summed E-state index contributed by atoms with van der Waals surface area (Å²) in [5.74, 6) is 0.327. The van der Waals surface area contributed by atoms with Crippen LogP contribution in [0.5, 0.6) is 11.8 Å². The van der Waals surface area contributed by atoms with Crippen molar-refractivity contribution in [2.24, 2.45) is 10.7 Å². The normalized spacial score (nSPS) is 30.6. The summed E-state index contributed by atoms with van der Waals surface area (Å²) < 4.78 is 0.712. The first-order valence-electron chi connectivity index (χ1n) is 8.31. The van der Waals surface area contributed by atoms with Gasteiger partial charge >= 0.3 is 5.97 Å². The third kappa shape index (κ3) is 3.12. The van der Waals surface area contributed by atoms with Gasteiger partial charge in [-0.3, -0.25) is 0 Å². The molecule has 3 heterocycles. The van der Waals surface area contributed by atoms with Gasteiger partial charge in [0, 0.05) is 29.6 Å². The Hall–Kier alpha value is -2.03. The Morgan fingerprint density at radius 3 is 2.80 bits per heavy atom. The molecule has 8 nitrogen and oxygen atoms in total. The van der Waals surface area contributed by atoms with Crippen molar-refractivity contribution < 1.29 is 19.8 Å². The number of aromatic hydroxyl groups is 2. The number of nitrogens with two attached hydrogens (primary N) is 1. The van der Waals surface area contributed by atoms with Crippen molar-refractivity contribution in [1.82, 2.24) is 10.0 Å². The second kappa shape index (κ2) is 6.36. The summed E-state index contributed by atoms with van der Waals surface area (Å²) in [7, 11) is 0. The predicted octanol–water partition coefficient (Wildman–Crippen LogP) is 0.966. The highest BCUT2D eigenvalue weighted by atomic mass is 32.2. The second-order valence-electron chi connectivity index (χ2n) is 6.95. The number of aliphatic imine (C=N–C) groups is 1. The summed E-state index contributed by atoms with van der Waals surface area (Å²) >= 11 is 1.89. The molecule has 0 aromatic carbocycles. The van der Waals surface area contributed by atoms with Crippen molar-refractivity contribution in [2.45, 2.75) is 55.9 Å². The number of fused-ring (bicyclic) bond motifs is 1. The molecule has 1 fully saturated rings. The van der Waals surface area contributed by atoms with E-state index in [9.17, 15) is 15.0 Å². The van der Waals surface area contributed by atoms with Crippen LogP contribution in [0.1, 0.15) is 39.5 Å². The van der Waals surface area contributed by atoms with Crippen molar-refractivity contribution in [3.05, 3.63) is 12.1 Å². The summed E-state index contributed by atoms with van der Waals surface area (Å²) in [6, 6.07) is 2.50. The minimum absolute atomic E-state index is 0.116. The monoisotopic (exact) mass is 368 g/mol. The molecule has 9 heteroatoms. The number of rotatable bonds is 6. The van der Waals surface area contributed by atoms with E-state index in [1.807, 2.05) is 11.8 Å². The van der Waals surface area contributed by atoms with E-state index < -0.39 is 5.97 Å². The molecule has 25 heavy (non-hydrogen) atoms. The van der Waals surface area contributed by atoms with Gasteiger partial charge < -0.3 is 26.1 Å². The quantitative estimate of drug-likeness (QED) is 0.552. The SMILES string of the molecule is C[C@]12CSC(CCCCC(=O)On3c(O)ccc3O)[C@@]1(C)N=C(N)N2. The van der Waals surface area contributed by atoms with Gasteiger partial charge in [0.05, 0.1) is 11.1 Å². The molecule has 0 spiro atoms. The number of guanidine groups is 1. The number of nitrogens with one attached hydrogen (secondary N) is 1. The first kappa shape index (κ1) is 17.8. The summed E-state index contributed by atoms with van der Waals surface area (Å²) in [6.45, 7) is 4.28. The zero-order valence-corrected chi connectivity index (χ0v) is 15.2. The van der Waals surface area contributed by atoms with Crippen LogP contribution in [0.3, 0.4) is 0 Å². The number of carbonyl (C=O) groups is 1. The molecule has 3 atom stereocenters. The minimum atomic E-state index is -0.498. The average Bonchev–Trinajstić information content (AvgIpc) is 3.05. The number of thioether (sulfide) groups is 1. The molecule has 1 aromatic rings. The largest absolute Gasteiger partial charge is 0.492 e. The predicted molar refractivity (Wildman–Crippen MR) is 95.6 cm³/mol. The topological polar surface area (TPSA) is 122 Å². The third-order valence-electron chi connectivity index (χ3n) is 5.16. The molecule has 138 valence electrons. The van der Waals surface area contributed by atoms with Crippen molar-refractivity contribution >= 4 is 23.7 Å². The number of hydrogen-bond donors (Lipinski definition) is 4. The molecule has 1 aromatic heterocycles. The highest BCUT2D eigenvalue weighted by molar-refractivity contribution is 8.00. The van der Waals surface area contributed by atoms with Crippen molar-refractivity contribution in [3.8, 4) is 11.8 Å². The van der Waals surface area contributed by atoms with E-state index in [-0.39, 0.29) is 29.3 Å². The van der Waals surface area contributed by atoms with E-state index in [0.29, 0.717) is 22.4 Å². The van der Waals surface area contributed by atoms with Crippen LogP contribution >= 0.6 is 11.8 Å². The second-order valence-corrected chi connectivity index (χ2v) is 8.15. The van der Waals surface area contributed by atoms with Gasteiger partial charge in [-0.2, -0.15) is 11.8 Å². The van der Waals surface area contributed by atoms with Gasteiger partial charge in [0.15, 0.2) is 5.96 Å². The summed E-state index contributed by atoms with van der Waals surface area (Å²) in [5.41, 5.74) is 5.52. The Labute approximate surface area is 150 Å². The lowest BCUT2D eigenvalue weighted by atomic mass is 9.79. The molecule has 1 unspecified atom stereocenters. The number of unbranched alkanes of at least 4 members (excludes halogenated alkanes) is 1. The standard InChI is InChI=1S/C16H24N4O4S/c1-15-9-25-10(16(15,2)19-14(17)18-15)5-3-4-6-13(23)24-20-11(21)7-8-12(20)22/h7-8,10,21-22H,3-6,9H2,1-2H3,(H3,17,18,19)/t10?,15-,16+/m0/s1. The molecule has 0 aliphatic carbocycles. The van der Waals surface area contributed by atoms with Crippen LogP contribution in [0.15, 0.2) is 17.1 Å². The van der Waals surface area contributed by atoms with Gasteiger partial charge in [-0.15, -0.1) is 4.73 Å². The van der Waals surface area contributed by atoms with Crippen LogP contribution in [-0.4, -0.2) is 49.0 Å². The summed E-state index contributed by atoms with van der Waals surface area (Å²) in [6.07, 6.45) is 2.67. The van der Waals surface area contributed by atoms with Crippen LogP contribution in [0.4, 0.5) is 0 Å². The lowest BCUT2D eigenvalue weighted by Gasteiger charge is -2.34.